The molecule has 0 atom stereocenters. The molecule has 2 aromatic rings. The Bertz CT molecular complexity index is 720. The number of fused-ring (bicyclic) bond motifs is 2. The van der Waals surface area contributed by atoms with Gasteiger partial charge in [-0.15, -0.1) is 0 Å². The smallest absolute Gasteiger partial charge is 0.449 e. The number of halogens is 3. The van der Waals surface area contributed by atoms with Crippen LogP contribution in [-0.4, -0.2) is 29.4 Å². The monoisotopic (exact) mass is 313 g/mol. The van der Waals surface area contributed by atoms with Crippen LogP contribution in [0.4, 0.5) is 13.2 Å². The maximum absolute atomic E-state index is 13.4. The Kier molecular flexibility index (Phi) is 2.97. The predicted octanol–water partition coefficient (Wildman–Crippen LogP) is 2.71. The number of hydrogen-bond acceptors (Lipinski definition) is 4. The van der Waals surface area contributed by atoms with Crippen LogP contribution >= 0.6 is 0 Å². The summed E-state index contributed by atoms with van der Waals surface area (Å²) in [6, 6.07) is 2.90. The van der Waals surface area contributed by atoms with Crippen LogP contribution in [0.5, 0.6) is 11.5 Å². The van der Waals surface area contributed by atoms with Crippen LogP contribution in [-0.2, 0) is 6.18 Å². The van der Waals surface area contributed by atoms with Gasteiger partial charge in [0.1, 0.15) is 0 Å². The summed E-state index contributed by atoms with van der Waals surface area (Å²) in [6.45, 7) is 1.49. The standard InChI is InChI=1S/C14H14F3N3O2/c15-14(16,17)13-19-9-5-11-12(22-7-21-11)6-10(9)20(13)8-1-3-18-4-2-8/h5-6,8,18H,1-4,7H2. The fourth-order valence-electron chi connectivity index (χ4n) is 3.12. The normalized spacial score (nSPS) is 19.0. The summed E-state index contributed by atoms with van der Waals surface area (Å²) in [6.07, 6.45) is -3.21. The maximum atomic E-state index is 13.4. The summed E-state index contributed by atoms with van der Waals surface area (Å²) < 4.78 is 52.0. The molecule has 0 spiro atoms. The van der Waals surface area contributed by atoms with Gasteiger partial charge in [-0.1, -0.05) is 0 Å². The van der Waals surface area contributed by atoms with Gasteiger partial charge in [0, 0.05) is 18.2 Å². The van der Waals surface area contributed by atoms with Gasteiger partial charge >= 0.3 is 6.18 Å². The summed E-state index contributed by atoms with van der Waals surface area (Å²) in [5.41, 5.74) is 0.735. The van der Waals surface area contributed by atoms with Crippen molar-refractivity contribution in [2.75, 3.05) is 19.9 Å². The number of alkyl halides is 3. The topological polar surface area (TPSA) is 48.3 Å². The number of piperidine rings is 1. The first-order chi connectivity index (χ1) is 10.5. The van der Waals surface area contributed by atoms with Crippen LogP contribution in [0.1, 0.15) is 24.7 Å². The molecule has 1 fully saturated rings. The molecular weight excluding hydrogens is 299 g/mol. The number of ether oxygens (including phenoxy) is 2. The molecule has 22 heavy (non-hydrogen) atoms. The number of nitrogens with zero attached hydrogens (tertiary/aromatic N) is 2. The predicted molar refractivity (Wildman–Crippen MR) is 72.0 cm³/mol. The van der Waals surface area contributed by atoms with Crippen molar-refractivity contribution in [2.24, 2.45) is 0 Å². The lowest BCUT2D eigenvalue weighted by atomic mass is 10.1. The zero-order chi connectivity index (χ0) is 15.3. The third-order valence-corrected chi connectivity index (χ3v) is 4.11. The second-order valence-electron chi connectivity index (χ2n) is 5.48. The Morgan fingerprint density at radius 2 is 1.82 bits per heavy atom. The minimum Gasteiger partial charge on any atom is -0.454 e. The lowest BCUT2D eigenvalue weighted by molar-refractivity contribution is -0.147. The van der Waals surface area contributed by atoms with Gasteiger partial charge in [0.05, 0.1) is 11.0 Å². The second kappa shape index (κ2) is 4.77. The Morgan fingerprint density at radius 1 is 1.14 bits per heavy atom. The van der Waals surface area contributed by atoms with Crippen molar-refractivity contribution in [3.05, 3.63) is 18.0 Å². The van der Waals surface area contributed by atoms with Gasteiger partial charge in [0.25, 0.3) is 0 Å². The third-order valence-electron chi connectivity index (χ3n) is 4.11. The summed E-state index contributed by atoms with van der Waals surface area (Å²) >= 11 is 0. The number of imidazole rings is 1. The highest BCUT2D eigenvalue weighted by atomic mass is 19.4. The number of rotatable bonds is 1. The molecule has 5 nitrogen and oxygen atoms in total. The van der Waals surface area contributed by atoms with Crippen molar-refractivity contribution in [1.29, 1.82) is 0 Å². The molecule has 1 saturated heterocycles. The molecule has 2 aliphatic heterocycles. The Morgan fingerprint density at radius 3 is 2.50 bits per heavy atom. The molecule has 8 heteroatoms. The van der Waals surface area contributed by atoms with Crippen molar-refractivity contribution in [3.8, 4) is 11.5 Å². The fourth-order valence-corrected chi connectivity index (χ4v) is 3.12. The van der Waals surface area contributed by atoms with Crippen molar-refractivity contribution in [1.82, 2.24) is 14.9 Å². The van der Waals surface area contributed by atoms with E-state index in [-0.39, 0.29) is 18.4 Å². The quantitative estimate of drug-likeness (QED) is 0.879. The van der Waals surface area contributed by atoms with E-state index in [0.29, 0.717) is 42.9 Å². The highest BCUT2D eigenvalue weighted by molar-refractivity contribution is 5.81. The molecule has 4 rings (SSSR count). The highest BCUT2D eigenvalue weighted by Crippen LogP contribution is 2.41. The van der Waals surface area contributed by atoms with Gasteiger partial charge in [-0.25, -0.2) is 4.98 Å². The zero-order valence-corrected chi connectivity index (χ0v) is 11.6. The largest absolute Gasteiger partial charge is 0.454 e. The molecule has 0 bridgehead atoms. The second-order valence-corrected chi connectivity index (χ2v) is 5.48. The molecule has 0 amide bonds. The maximum Gasteiger partial charge on any atom is 0.449 e. The van der Waals surface area contributed by atoms with Crippen molar-refractivity contribution in [3.63, 3.8) is 0 Å². The minimum atomic E-state index is -4.49. The fraction of sp³-hybridized carbons (Fsp3) is 0.500. The van der Waals surface area contributed by atoms with Gasteiger partial charge < -0.3 is 19.4 Å². The van der Waals surface area contributed by atoms with E-state index in [4.69, 9.17) is 9.47 Å². The van der Waals surface area contributed by atoms with Gasteiger partial charge in [0.2, 0.25) is 12.6 Å². The number of aromatic nitrogens is 2. The summed E-state index contributed by atoms with van der Waals surface area (Å²) in [7, 11) is 0. The van der Waals surface area contributed by atoms with E-state index in [1.54, 1.807) is 6.07 Å². The SMILES string of the molecule is FC(F)(F)c1nc2cc3c(cc2n1C1CCNCC1)OCO3. The van der Waals surface area contributed by atoms with Gasteiger partial charge in [-0.05, 0) is 25.9 Å². The van der Waals surface area contributed by atoms with Gasteiger partial charge in [0.15, 0.2) is 11.5 Å². The first-order valence-corrected chi connectivity index (χ1v) is 7.13. The van der Waals surface area contributed by atoms with Crippen LogP contribution in [0.15, 0.2) is 12.1 Å². The van der Waals surface area contributed by atoms with Gasteiger partial charge in [-0.3, -0.25) is 0 Å². The van der Waals surface area contributed by atoms with E-state index in [1.807, 2.05) is 0 Å². The van der Waals surface area contributed by atoms with Crippen molar-refractivity contribution < 1.29 is 22.6 Å². The molecular formula is C14H14F3N3O2. The average Bonchev–Trinajstić information content (AvgIpc) is 3.08. The zero-order valence-electron chi connectivity index (χ0n) is 11.6. The molecule has 1 N–H and O–H groups in total. The Labute approximate surface area is 124 Å². The highest BCUT2D eigenvalue weighted by Gasteiger charge is 2.40. The molecule has 0 saturated carbocycles. The lowest BCUT2D eigenvalue weighted by Gasteiger charge is -2.26. The average molecular weight is 313 g/mol. The van der Waals surface area contributed by atoms with E-state index in [2.05, 4.69) is 10.3 Å². The van der Waals surface area contributed by atoms with E-state index in [1.165, 1.54) is 10.6 Å². The summed E-state index contributed by atoms with van der Waals surface area (Å²) in [5.74, 6) is 0.0607. The van der Waals surface area contributed by atoms with Crippen molar-refractivity contribution >= 4 is 11.0 Å². The molecule has 0 radical (unpaired) electrons. The van der Waals surface area contributed by atoms with E-state index in [9.17, 15) is 13.2 Å². The van der Waals surface area contributed by atoms with E-state index >= 15 is 0 Å². The van der Waals surface area contributed by atoms with Crippen LogP contribution in [0.25, 0.3) is 11.0 Å². The number of benzene rings is 1. The molecule has 1 aromatic carbocycles. The van der Waals surface area contributed by atoms with E-state index in [0.717, 1.165) is 0 Å². The molecule has 1 aromatic heterocycles. The van der Waals surface area contributed by atoms with Gasteiger partial charge in [-0.2, -0.15) is 13.2 Å². The van der Waals surface area contributed by atoms with Crippen LogP contribution in [0.2, 0.25) is 0 Å². The molecule has 0 aliphatic carbocycles. The summed E-state index contributed by atoms with van der Waals surface area (Å²) in [4.78, 5) is 3.82. The first kappa shape index (κ1) is 13.7. The third kappa shape index (κ3) is 2.09. The lowest BCUT2D eigenvalue weighted by Crippen LogP contribution is -2.31. The summed E-state index contributed by atoms with van der Waals surface area (Å²) in [5, 5.41) is 3.16. The van der Waals surface area contributed by atoms with Crippen LogP contribution in [0, 0.1) is 0 Å². The number of hydrogen-bond donors (Lipinski definition) is 1. The Hall–Kier alpha value is -1.96. The minimum absolute atomic E-state index is 0.0847. The van der Waals surface area contributed by atoms with Crippen LogP contribution < -0.4 is 14.8 Å². The first-order valence-electron chi connectivity index (χ1n) is 7.13. The van der Waals surface area contributed by atoms with Crippen molar-refractivity contribution in [2.45, 2.75) is 25.1 Å². The molecule has 118 valence electrons. The molecule has 0 unspecified atom stereocenters. The molecule has 3 heterocycles. The van der Waals surface area contributed by atoms with Crippen LogP contribution in [0.3, 0.4) is 0 Å². The Balaban J connectivity index is 1.93. The number of nitrogens with one attached hydrogen (secondary N) is 1. The van der Waals surface area contributed by atoms with E-state index < -0.39 is 12.0 Å². The molecule has 2 aliphatic rings.